The molecule has 1 aromatic heterocycles. The summed E-state index contributed by atoms with van der Waals surface area (Å²) < 4.78 is 1.84. The molecule has 0 unspecified atom stereocenters. The van der Waals surface area contributed by atoms with E-state index >= 15 is 0 Å². The normalized spacial score (nSPS) is 20.2. The summed E-state index contributed by atoms with van der Waals surface area (Å²) in [4.78, 5) is 12.0. The summed E-state index contributed by atoms with van der Waals surface area (Å²) in [5.74, 6) is 0.405. The molecule has 2 amide bonds. The van der Waals surface area contributed by atoms with Crippen molar-refractivity contribution in [2.45, 2.75) is 38.1 Å². The van der Waals surface area contributed by atoms with Gasteiger partial charge in [-0.3, -0.25) is 0 Å². The van der Waals surface area contributed by atoms with Crippen molar-refractivity contribution < 1.29 is 9.90 Å². The first-order valence-electron chi connectivity index (χ1n) is 8.99. The number of aliphatic hydroxyl groups excluding tert-OH is 1. The molecule has 6 nitrogen and oxygen atoms in total. The monoisotopic (exact) mass is 342 g/mol. The number of rotatable bonds is 6. The van der Waals surface area contributed by atoms with Crippen LogP contribution in [0, 0.1) is 5.92 Å². The second-order valence-corrected chi connectivity index (χ2v) is 6.68. The maximum Gasteiger partial charge on any atom is 0.315 e. The van der Waals surface area contributed by atoms with Gasteiger partial charge in [0.15, 0.2) is 0 Å². The number of para-hydroxylation sites is 1. The van der Waals surface area contributed by atoms with E-state index < -0.39 is 0 Å². The largest absolute Gasteiger partial charge is 0.396 e. The summed E-state index contributed by atoms with van der Waals surface area (Å²) in [5, 5.41) is 19.5. The minimum Gasteiger partial charge on any atom is -0.396 e. The Labute approximate surface area is 148 Å². The van der Waals surface area contributed by atoms with Crippen molar-refractivity contribution in [1.82, 2.24) is 20.4 Å². The number of aromatic nitrogens is 2. The molecule has 3 rings (SSSR count). The molecule has 1 fully saturated rings. The number of amides is 2. The third-order valence-corrected chi connectivity index (χ3v) is 4.80. The first-order valence-corrected chi connectivity index (χ1v) is 8.99. The van der Waals surface area contributed by atoms with Gasteiger partial charge in [0.25, 0.3) is 0 Å². The molecule has 25 heavy (non-hydrogen) atoms. The molecule has 0 aliphatic heterocycles. The number of urea groups is 1. The second kappa shape index (κ2) is 8.67. The van der Waals surface area contributed by atoms with Crippen molar-refractivity contribution in [1.29, 1.82) is 0 Å². The van der Waals surface area contributed by atoms with Crippen LogP contribution in [0.3, 0.4) is 0 Å². The van der Waals surface area contributed by atoms with Gasteiger partial charge in [-0.15, -0.1) is 0 Å². The van der Waals surface area contributed by atoms with E-state index in [2.05, 4.69) is 15.7 Å². The van der Waals surface area contributed by atoms with Crippen LogP contribution in [0.4, 0.5) is 4.79 Å². The van der Waals surface area contributed by atoms with E-state index in [4.69, 9.17) is 5.11 Å². The molecule has 0 radical (unpaired) electrons. The minimum atomic E-state index is -0.108. The zero-order valence-electron chi connectivity index (χ0n) is 14.4. The number of benzene rings is 1. The molecule has 134 valence electrons. The Morgan fingerprint density at radius 1 is 1.20 bits per heavy atom. The fourth-order valence-electron chi connectivity index (χ4n) is 3.26. The molecule has 0 atom stereocenters. The van der Waals surface area contributed by atoms with Crippen molar-refractivity contribution in [3.8, 4) is 5.69 Å². The number of carbonyl (C=O) groups excluding carboxylic acids is 1. The lowest BCUT2D eigenvalue weighted by atomic mass is 9.87. The van der Waals surface area contributed by atoms with Crippen LogP contribution in [0.2, 0.25) is 0 Å². The van der Waals surface area contributed by atoms with Crippen LogP contribution in [0.5, 0.6) is 0 Å². The molecule has 2 aromatic rings. The summed E-state index contributed by atoms with van der Waals surface area (Å²) in [6.45, 7) is 0.841. The van der Waals surface area contributed by atoms with Crippen LogP contribution in [-0.4, -0.2) is 40.1 Å². The average molecular weight is 342 g/mol. The predicted octanol–water partition coefficient (Wildman–Crippen LogP) is 2.27. The van der Waals surface area contributed by atoms with Crippen molar-refractivity contribution in [3.63, 3.8) is 0 Å². The molecule has 0 bridgehead atoms. The van der Waals surface area contributed by atoms with E-state index in [9.17, 15) is 4.79 Å². The molecule has 1 saturated carbocycles. The van der Waals surface area contributed by atoms with Crippen LogP contribution in [0.25, 0.3) is 5.69 Å². The number of nitrogens with one attached hydrogen (secondary N) is 2. The van der Waals surface area contributed by atoms with E-state index in [1.165, 1.54) is 0 Å². The maximum atomic E-state index is 12.0. The first kappa shape index (κ1) is 17.5. The van der Waals surface area contributed by atoms with Crippen LogP contribution < -0.4 is 10.6 Å². The Morgan fingerprint density at radius 3 is 2.68 bits per heavy atom. The number of hydrogen-bond donors (Lipinski definition) is 3. The van der Waals surface area contributed by atoms with Crippen LogP contribution >= 0.6 is 0 Å². The highest BCUT2D eigenvalue weighted by atomic mass is 16.3. The lowest BCUT2D eigenvalue weighted by molar-refractivity contribution is 0.174. The van der Waals surface area contributed by atoms with Gasteiger partial charge in [0.05, 0.1) is 11.9 Å². The summed E-state index contributed by atoms with van der Waals surface area (Å²) >= 11 is 0. The van der Waals surface area contributed by atoms with Crippen molar-refractivity contribution in [3.05, 3.63) is 48.3 Å². The van der Waals surface area contributed by atoms with E-state index in [0.29, 0.717) is 12.5 Å². The van der Waals surface area contributed by atoms with E-state index in [1.807, 2.05) is 47.4 Å². The molecule has 1 aliphatic carbocycles. The molecule has 0 spiro atoms. The van der Waals surface area contributed by atoms with Gasteiger partial charge in [-0.1, -0.05) is 18.2 Å². The van der Waals surface area contributed by atoms with Crippen molar-refractivity contribution in [2.24, 2.45) is 5.92 Å². The zero-order valence-corrected chi connectivity index (χ0v) is 14.4. The molecule has 0 saturated heterocycles. The molecule has 6 heteroatoms. The van der Waals surface area contributed by atoms with Crippen LogP contribution in [-0.2, 0) is 6.42 Å². The second-order valence-electron chi connectivity index (χ2n) is 6.68. The van der Waals surface area contributed by atoms with E-state index in [1.54, 1.807) is 0 Å². The third kappa shape index (κ3) is 5.06. The maximum absolute atomic E-state index is 12.0. The van der Waals surface area contributed by atoms with Gasteiger partial charge in [-0.2, -0.15) is 5.10 Å². The van der Waals surface area contributed by atoms with E-state index in [-0.39, 0.29) is 18.7 Å². The summed E-state index contributed by atoms with van der Waals surface area (Å²) in [6, 6.07) is 10.1. The lowest BCUT2D eigenvalue weighted by Gasteiger charge is -2.27. The Balaban J connectivity index is 1.38. The number of aliphatic hydroxyl groups is 1. The molecule has 1 heterocycles. The smallest absolute Gasteiger partial charge is 0.315 e. The highest BCUT2D eigenvalue weighted by molar-refractivity contribution is 5.74. The summed E-state index contributed by atoms with van der Waals surface area (Å²) in [5.41, 5.74) is 2.12. The van der Waals surface area contributed by atoms with Crippen molar-refractivity contribution in [2.75, 3.05) is 13.2 Å². The van der Waals surface area contributed by atoms with Gasteiger partial charge < -0.3 is 15.7 Å². The fraction of sp³-hybridized carbons (Fsp3) is 0.474. The Hall–Kier alpha value is -2.34. The zero-order chi connectivity index (χ0) is 17.5. The molecular formula is C19H26N4O2. The Kier molecular flexibility index (Phi) is 6.06. The van der Waals surface area contributed by atoms with E-state index in [0.717, 1.165) is 43.4 Å². The van der Waals surface area contributed by atoms with Gasteiger partial charge in [0, 0.05) is 25.4 Å². The molecule has 3 N–H and O–H groups in total. The van der Waals surface area contributed by atoms with Gasteiger partial charge >= 0.3 is 6.03 Å². The summed E-state index contributed by atoms with van der Waals surface area (Å²) in [7, 11) is 0. The average Bonchev–Trinajstić information content (AvgIpc) is 3.12. The lowest BCUT2D eigenvalue weighted by Crippen LogP contribution is -2.44. The topological polar surface area (TPSA) is 79.2 Å². The third-order valence-electron chi connectivity index (χ3n) is 4.80. The molecular weight excluding hydrogens is 316 g/mol. The van der Waals surface area contributed by atoms with Crippen molar-refractivity contribution >= 4 is 6.03 Å². The van der Waals surface area contributed by atoms with Gasteiger partial charge in [-0.05, 0) is 55.7 Å². The highest BCUT2D eigenvalue weighted by Gasteiger charge is 2.21. The Bertz CT molecular complexity index is 663. The number of carbonyl (C=O) groups is 1. The fourth-order valence-corrected chi connectivity index (χ4v) is 3.26. The highest BCUT2D eigenvalue weighted by Crippen LogP contribution is 2.23. The standard InChI is InChI=1S/C19H26N4O2/c24-14-15-6-8-17(9-7-15)22-19(25)20-11-10-16-12-21-23(13-16)18-4-2-1-3-5-18/h1-5,12-13,15,17,24H,6-11,14H2,(H2,20,22,25). The number of nitrogens with zero attached hydrogens (tertiary/aromatic N) is 2. The van der Waals surface area contributed by atoms with Crippen LogP contribution in [0.15, 0.2) is 42.7 Å². The van der Waals surface area contributed by atoms with Gasteiger partial charge in [0.2, 0.25) is 0 Å². The number of hydrogen-bond acceptors (Lipinski definition) is 3. The van der Waals surface area contributed by atoms with Gasteiger partial charge in [-0.25, -0.2) is 9.48 Å². The SMILES string of the molecule is O=C(NCCc1cnn(-c2ccccc2)c1)NC1CCC(CO)CC1. The quantitative estimate of drug-likeness (QED) is 0.753. The minimum absolute atomic E-state index is 0.108. The van der Waals surface area contributed by atoms with Gasteiger partial charge in [0.1, 0.15) is 0 Å². The first-order chi connectivity index (χ1) is 12.2. The molecule has 1 aromatic carbocycles. The Morgan fingerprint density at radius 2 is 1.96 bits per heavy atom. The summed E-state index contributed by atoms with van der Waals surface area (Å²) in [6.07, 6.45) is 8.44. The van der Waals surface area contributed by atoms with Crippen LogP contribution in [0.1, 0.15) is 31.2 Å². The predicted molar refractivity (Wildman–Crippen MR) is 96.6 cm³/mol. The molecule has 1 aliphatic rings.